The average molecular weight is 300 g/mol. The Morgan fingerprint density at radius 1 is 0.571 bits per heavy atom. The zero-order chi connectivity index (χ0) is 9.46. The van der Waals surface area contributed by atoms with E-state index in [1.165, 1.54) is 0 Å². The summed E-state index contributed by atoms with van der Waals surface area (Å²) in [6.07, 6.45) is 0. The van der Waals surface area contributed by atoms with Crippen LogP contribution in [0.3, 0.4) is 0 Å². The fourth-order valence-electron chi connectivity index (χ4n) is 0.593. The average Bonchev–Trinajstić information content (AvgIpc) is 2.08. The molecule has 8 heteroatoms. The van der Waals surface area contributed by atoms with Crippen molar-refractivity contribution in [3.63, 3.8) is 0 Å². The van der Waals surface area contributed by atoms with Gasteiger partial charge in [-0.15, -0.1) is 0 Å². The minimum Gasteiger partial charge on any atom is -0.505 e. The van der Waals surface area contributed by atoms with Crippen molar-refractivity contribution in [3.8, 4) is 5.75 Å². The van der Waals surface area contributed by atoms with E-state index in [4.69, 9.17) is 58.0 Å². The number of hydrogen-bond acceptors (Lipinski definition) is 3. The molecule has 0 saturated carbocycles. The number of halogens is 5. The Bertz CT molecular complexity index is 238. The predicted octanol–water partition coefficient (Wildman–Crippen LogP) is 4.98. The van der Waals surface area contributed by atoms with Crippen molar-refractivity contribution in [2.45, 2.75) is 0 Å². The Balaban J connectivity index is 0. The van der Waals surface area contributed by atoms with Gasteiger partial charge in [0.25, 0.3) is 0 Å². The number of hydrogen-bond donors (Lipinski definition) is 3. The molecule has 0 bridgehead atoms. The Kier molecular flexibility index (Phi) is 7.30. The highest BCUT2D eigenvalue weighted by Crippen LogP contribution is 2.47. The summed E-state index contributed by atoms with van der Waals surface area (Å²) in [6, 6.07) is 0. The molecule has 3 nitrogen and oxygen atoms in total. The van der Waals surface area contributed by atoms with Crippen LogP contribution in [0, 0.1) is 0 Å². The van der Waals surface area contributed by atoms with Gasteiger partial charge in [0.2, 0.25) is 0 Å². The molecule has 1 aromatic rings. The molecule has 0 aliphatic rings. The van der Waals surface area contributed by atoms with Crippen LogP contribution in [-0.2, 0) is 0 Å². The lowest BCUT2D eigenvalue weighted by molar-refractivity contribution is 0.476. The van der Waals surface area contributed by atoms with Gasteiger partial charge in [-0.05, 0) is 0 Å². The predicted molar refractivity (Wildman–Crippen MR) is 63.2 cm³/mol. The van der Waals surface area contributed by atoms with E-state index in [1.54, 1.807) is 0 Å². The molecule has 0 unspecified atom stereocenters. The Morgan fingerprint density at radius 3 is 1.07 bits per heavy atom. The van der Waals surface area contributed by atoms with E-state index in [-0.39, 0.29) is 43.2 Å². The van der Waals surface area contributed by atoms with Crippen molar-refractivity contribution < 1.29 is 5.11 Å². The van der Waals surface area contributed by atoms with Crippen molar-refractivity contribution in [1.82, 2.24) is 12.3 Å². The quantitative estimate of drug-likeness (QED) is 0.466. The van der Waals surface area contributed by atoms with Crippen LogP contribution in [-0.4, -0.2) is 5.11 Å². The highest BCUT2D eigenvalue weighted by Gasteiger charge is 2.17. The summed E-state index contributed by atoms with van der Waals surface area (Å²) < 4.78 is 0. The number of phenolic OH excluding ortho intramolecular Hbond substituents is 1. The molecule has 0 radical (unpaired) electrons. The van der Waals surface area contributed by atoms with Gasteiger partial charge in [-0.3, -0.25) is 0 Å². The summed E-state index contributed by atoms with van der Waals surface area (Å²) in [6.45, 7) is 0. The van der Waals surface area contributed by atoms with Crippen LogP contribution in [0.15, 0.2) is 0 Å². The molecule has 1 rings (SSSR count). The van der Waals surface area contributed by atoms with Gasteiger partial charge in [0.15, 0.2) is 5.75 Å². The molecule has 0 aliphatic carbocycles. The molecule has 0 spiro atoms. The van der Waals surface area contributed by atoms with Crippen molar-refractivity contribution in [2.24, 2.45) is 0 Å². The van der Waals surface area contributed by atoms with Crippen LogP contribution in [0.2, 0.25) is 25.1 Å². The molecule has 0 saturated heterocycles. The fourth-order valence-corrected chi connectivity index (χ4v) is 1.72. The Hall–Kier alpha value is 0.390. The van der Waals surface area contributed by atoms with Gasteiger partial charge < -0.3 is 17.4 Å². The molecule has 0 amide bonds. The highest BCUT2D eigenvalue weighted by molar-refractivity contribution is 6.55. The van der Waals surface area contributed by atoms with Gasteiger partial charge in [-0.1, -0.05) is 58.0 Å². The second-order valence-electron chi connectivity index (χ2n) is 1.92. The maximum absolute atomic E-state index is 9.20. The zero-order valence-corrected chi connectivity index (χ0v) is 10.5. The minimum absolute atomic E-state index is 0. The van der Waals surface area contributed by atoms with E-state index in [0.717, 1.165) is 0 Å². The molecule has 0 aliphatic heterocycles. The van der Waals surface area contributed by atoms with E-state index in [2.05, 4.69) is 0 Å². The van der Waals surface area contributed by atoms with E-state index < -0.39 is 0 Å². The maximum Gasteiger partial charge on any atom is 0.155 e. The normalized spacial score (nSPS) is 8.93. The van der Waals surface area contributed by atoms with Crippen LogP contribution >= 0.6 is 58.0 Å². The molecular weight excluding hydrogens is 293 g/mol. The van der Waals surface area contributed by atoms with Crippen LogP contribution in [0.25, 0.3) is 0 Å². The summed E-state index contributed by atoms with van der Waals surface area (Å²) in [5.41, 5.74) is 0. The summed E-state index contributed by atoms with van der Waals surface area (Å²) in [7, 11) is 0. The minimum atomic E-state index is -0.363. The number of benzene rings is 1. The molecule has 0 aromatic heterocycles. The van der Waals surface area contributed by atoms with E-state index in [0.29, 0.717) is 0 Å². The first-order chi connectivity index (χ1) is 5.46. The first-order valence-corrected chi connectivity index (χ1v) is 4.56. The topological polar surface area (TPSA) is 90.2 Å². The van der Waals surface area contributed by atoms with Gasteiger partial charge in [0.1, 0.15) is 10.0 Å². The van der Waals surface area contributed by atoms with Crippen molar-refractivity contribution in [2.75, 3.05) is 0 Å². The molecule has 7 N–H and O–H groups in total. The first kappa shape index (κ1) is 16.8. The van der Waals surface area contributed by atoms with E-state index in [9.17, 15) is 5.11 Å². The summed E-state index contributed by atoms with van der Waals surface area (Å²) >= 11 is 27.9. The second-order valence-corrected chi connectivity index (χ2v) is 3.81. The maximum atomic E-state index is 9.20. The largest absolute Gasteiger partial charge is 0.505 e. The molecule has 1 aromatic carbocycles. The van der Waals surface area contributed by atoms with E-state index in [1.807, 2.05) is 0 Å². The van der Waals surface area contributed by atoms with Gasteiger partial charge in [-0.25, -0.2) is 0 Å². The Labute approximate surface area is 106 Å². The third kappa shape index (κ3) is 2.70. The third-order valence-corrected chi connectivity index (χ3v) is 3.44. The van der Waals surface area contributed by atoms with E-state index >= 15 is 0 Å². The monoisotopic (exact) mass is 298 g/mol. The standard InChI is InChI=1S/C6HCl5O.2H3N/c7-1-2(8)4(10)6(12)5(11)3(1)9;;/h12H;2*1H3. The summed E-state index contributed by atoms with van der Waals surface area (Å²) in [5, 5.41) is 9.01. The number of phenols is 1. The lowest BCUT2D eigenvalue weighted by Crippen LogP contribution is -1.78. The van der Waals surface area contributed by atoms with Gasteiger partial charge >= 0.3 is 0 Å². The SMILES string of the molecule is N.N.Oc1c(Cl)c(Cl)c(Cl)c(Cl)c1Cl. The fraction of sp³-hybridized carbons (Fsp3) is 0. The van der Waals surface area contributed by atoms with Crippen molar-refractivity contribution in [3.05, 3.63) is 25.1 Å². The van der Waals surface area contributed by atoms with Crippen molar-refractivity contribution in [1.29, 1.82) is 0 Å². The Morgan fingerprint density at radius 2 is 0.786 bits per heavy atom. The first-order valence-electron chi connectivity index (χ1n) is 2.67. The lowest BCUT2D eigenvalue weighted by atomic mass is 10.3. The van der Waals surface area contributed by atoms with Crippen LogP contribution < -0.4 is 12.3 Å². The number of rotatable bonds is 0. The highest BCUT2D eigenvalue weighted by atomic mass is 35.5. The molecule has 0 heterocycles. The molecule has 0 atom stereocenters. The van der Waals surface area contributed by atoms with Crippen molar-refractivity contribution >= 4 is 58.0 Å². The molecule has 82 valence electrons. The summed E-state index contributed by atoms with van der Waals surface area (Å²) in [4.78, 5) is 0. The molecular formula is C6H7Cl5N2O. The second kappa shape index (κ2) is 6.08. The van der Waals surface area contributed by atoms with Crippen LogP contribution in [0.1, 0.15) is 0 Å². The smallest absolute Gasteiger partial charge is 0.155 e. The lowest BCUT2D eigenvalue weighted by Gasteiger charge is -2.06. The molecule has 0 fully saturated rings. The van der Waals surface area contributed by atoms with Gasteiger partial charge in [0.05, 0.1) is 15.1 Å². The molecule has 14 heavy (non-hydrogen) atoms. The third-order valence-electron chi connectivity index (χ3n) is 1.19. The van der Waals surface area contributed by atoms with Crippen LogP contribution in [0.4, 0.5) is 0 Å². The van der Waals surface area contributed by atoms with Crippen LogP contribution in [0.5, 0.6) is 5.75 Å². The zero-order valence-electron chi connectivity index (χ0n) is 6.75. The number of aromatic hydroxyl groups is 1. The summed E-state index contributed by atoms with van der Waals surface area (Å²) in [5.74, 6) is -0.363. The van der Waals surface area contributed by atoms with Gasteiger partial charge in [-0.2, -0.15) is 0 Å². The van der Waals surface area contributed by atoms with Gasteiger partial charge in [0, 0.05) is 0 Å².